The minimum Gasteiger partial charge on any atom is -0.494 e. The van der Waals surface area contributed by atoms with Gasteiger partial charge in [0.2, 0.25) is 0 Å². The van der Waals surface area contributed by atoms with Crippen molar-refractivity contribution in [3.05, 3.63) is 59.8 Å². The molecule has 2 heterocycles. The van der Waals surface area contributed by atoms with Crippen LogP contribution in [0.4, 0.5) is 0 Å². The largest absolute Gasteiger partial charge is 0.494 e. The molecule has 2 aromatic carbocycles. The average Bonchev–Trinajstić information content (AvgIpc) is 2.77. The molecule has 5 heteroatoms. The average molecular weight is 388 g/mol. The van der Waals surface area contributed by atoms with Crippen LogP contribution in [0.1, 0.15) is 28.8 Å². The first-order chi connectivity index (χ1) is 14.3. The van der Waals surface area contributed by atoms with Crippen molar-refractivity contribution < 1.29 is 14.3 Å². The highest BCUT2D eigenvalue weighted by atomic mass is 16.5. The van der Waals surface area contributed by atoms with Crippen LogP contribution in [-0.4, -0.2) is 55.1 Å². The molecule has 1 saturated heterocycles. The van der Waals surface area contributed by atoms with Gasteiger partial charge in [0.05, 0.1) is 25.5 Å². The van der Waals surface area contributed by atoms with E-state index in [-0.39, 0.29) is 5.78 Å². The second kappa shape index (κ2) is 7.93. The SMILES string of the molecule is O=C1c2ccccc2-c2nccc3cc(OCCCCN4CCOCC4)cc1c23. The molecule has 0 bridgehead atoms. The summed E-state index contributed by atoms with van der Waals surface area (Å²) in [5.74, 6) is 0.799. The minimum absolute atomic E-state index is 0.0452. The summed E-state index contributed by atoms with van der Waals surface area (Å²) < 4.78 is 11.4. The van der Waals surface area contributed by atoms with Crippen molar-refractivity contribution in [2.45, 2.75) is 12.8 Å². The number of unbranched alkanes of at least 4 members (excludes halogenated alkanes) is 1. The van der Waals surface area contributed by atoms with E-state index in [0.29, 0.717) is 17.7 Å². The predicted molar refractivity (Wildman–Crippen MR) is 113 cm³/mol. The van der Waals surface area contributed by atoms with Crippen molar-refractivity contribution in [3.63, 3.8) is 0 Å². The fourth-order valence-electron chi connectivity index (χ4n) is 4.24. The Morgan fingerprint density at radius 3 is 2.69 bits per heavy atom. The van der Waals surface area contributed by atoms with E-state index < -0.39 is 0 Å². The number of hydrogen-bond acceptors (Lipinski definition) is 5. The highest BCUT2D eigenvalue weighted by Crippen LogP contribution is 2.39. The molecule has 5 rings (SSSR count). The third-order valence-electron chi connectivity index (χ3n) is 5.75. The summed E-state index contributed by atoms with van der Waals surface area (Å²) in [7, 11) is 0. The first kappa shape index (κ1) is 18.3. The Labute approximate surface area is 170 Å². The van der Waals surface area contributed by atoms with Crippen LogP contribution < -0.4 is 4.74 Å². The number of hydrogen-bond donors (Lipinski definition) is 0. The van der Waals surface area contributed by atoms with Gasteiger partial charge in [0.25, 0.3) is 0 Å². The van der Waals surface area contributed by atoms with E-state index in [9.17, 15) is 4.79 Å². The van der Waals surface area contributed by atoms with E-state index in [1.807, 2.05) is 42.5 Å². The summed E-state index contributed by atoms with van der Waals surface area (Å²) in [5.41, 5.74) is 3.19. The third-order valence-corrected chi connectivity index (χ3v) is 5.75. The lowest BCUT2D eigenvalue weighted by Gasteiger charge is -2.26. The molecule has 0 saturated carbocycles. The van der Waals surface area contributed by atoms with E-state index in [0.717, 1.165) is 73.5 Å². The summed E-state index contributed by atoms with van der Waals surface area (Å²) in [6.45, 7) is 5.45. The molecule has 0 radical (unpaired) electrons. The quantitative estimate of drug-likeness (QED) is 0.468. The zero-order valence-electron chi connectivity index (χ0n) is 16.4. The molecule has 1 aliphatic heterocycles. The molecule has 0 amide bonds. The standard InChI is InChI=1S/C24H24N2O3/c27-24-20-6-2-1-5-19(20)23-22-17(7-8-25-23)15-18(16-21(22)24)29-12-4-3-9-26-10-13-28-14-11-26/h1-2,5-8,15-16H,3-4,9-14H2. The molecule has 0 unspecified atom stereocenters. The fourth-order valence-corrected chi connectivity index (χ4v) is 4.24. The molecule has 0 spiro atoms. The molecule has 29 heavy (non-hydrogen) atoms. The maximum Gasteiger partial charge on any atom is 0.194 e. The van der Waals surface area contributed by atoms with Crippen LogP contribution in [0.3, 0.4) is 0 Å². The molecule has 5 nitrogen and oxygen atoms in total. The maximum atomic E-state index is 13.1. The van der Waals surface area contributed by atoms with Crippen molar-refractivity contribution >= 4 is 16.6 Å². The van der Waals surface area contributed by atoms with Crippen LogP contribution >= 0.6 is 0 Å². The normalized spacial score (nSPS) is 16.1. The molecule has 0 N–H and O–H groups in total. The number of carbonyl (C=O) groups is 1. The van der Waals surface area contributed by atoms with Gasteiger partial charge in [0.15, 0.2) is 5.78 Å². The smallest absolute Gasteiger partial charge is 0.194 e. The Hall–Kier alpha value is -2.76. The van der Waals surface area contributed by atoms with Gasteiger partial charge < -0.3 is 9.47 Å². The number of nitrogens with zero attached hydrogens (tertiary/aromatic N) is 2. The Kier molecular flexibility index (Phi) is 5.00. The van der Waals surface area contributed by atoms with Crippen LogP contribution in [0.15, 0.2) is 48.7 Å². The number of aromatic nitrogens is 1. The second-order valence-corrected chi connectivity index (χ2v) is 7.61. The van der Waals surface area contributed by atoms with Crippen LogP contribution in [0.5, 0.6) is 5.75 Å². The highest BCUT2D eigenvalue weighted by Gasteiger charge is 2.26. The maximum absolute atomic E-state index is 13.1. The lowest BCUT2D eigenvalue weighted by molar-refractivity contribution is 0.0368. The van der Waals surface area contributed by atoms with Crippen molar-refractivity contribution in [3.8, 4) is 17.0 Å². The molecule has 1 aromatic heterocycles. The number of pyridine rings is 1. The van der Waals surface area contributed by atoms with Crippen LogP contribution in [0.2, 0.25) is 0 Å². The van der Waals surface area contributed by atoms with Gasteiger partial charge in [-0.2, -0.15) is 0 Å². The van der Waals surface area contributed by atoms with Crippen molar-refractivity contribution in [2.24, 2.45) is 0 Å². The number of fused-ring (bicyclic) bond motifs is 2. The summed E-state index contributed by atoms with van der Waals surface area (Å²) in [4.78, 5) is 20.1. The van der Waals surface area contributed by atoms with E-state index >= 15 is 0 Å². The first-order valence-electron chi connectivity index (χ1n) is 10.3. The number of carbonyl (C=O) groups excluding carboxylic acids is 1. The Bertz CT molecular complexity index is 1060. The van der Waals surface area contributed by atoms with Crippen LogP contribution in [0, 0.1) is 0 Å². The Balaban J connectivity index is 1.32. The van der Waals surface area contributed by atoms with Gasteiger partial charge >= 0.3 is 0 Å². The van der Waals surface area contributed by atoms with Gasteiger partial charge in [-0.15, -0.1) is 0 Å². The molecule has 0 atom stereocenters. The number of rotatable bonds is 6. The summed E-state index contributed by atoms with van der Waals surface area (Å²) >= 11 is 0. The monoisotopic (exact) mass is 388 g/mol. The Morgan fingerprint density at radius 1 is 1.00 bits per heavy atom. The fraction of sp³-hybridized carbons (Fsp3) is 0.333. The topological polar surface area (TPSA) is 51.7 Å². The summed E-state index contributed by atoms with van der Waals surface area (Å²) in [6, 6.07) is 13.6. The number of ether oxygens (including phenoxy) is 2. The summed E-state index contributed by atoms with van der Waals surface area (Å²) in [5, 5.41) is 1.93. The van der Waals surface area contributed by atoms with Crippen molar-refractivity contribution in [1.82, 2.24) is 9.88 Å². The second-order valence-electron chi connectivity index (χ2n) is 7.61. The van der Waals surface area contributed by atoms with Gasteiger partial charge in [-0.1, -0.05) is 24.3 Å². The predicted octanol–water partition coefficient (Wildman–Crippen LogP) is 3.94. The zero-order chi connectivity index (χ0) is 19.6. The van der Waals surface area contributed by atoms with Gasteiger partial charge in [-0.3, -0.25) is 14.7 Å². The first-order valence-corrected chi connectivity index (χ1v) is 10.3. The van der Waals surface area contributed by atoms with Gasteiger partial charge in [-0.25, -0.2) is 0 Å². The highest BCUT2D eigenvalue weighted by molar-refractivity contribution is 6.25. The number of benzene rings is 2. The van der Waals surface area contributed by atoms with E-state index in [4.69, 9.17) is 9.47 Å². The summed E-state index contributed by atoms with van der Waals surface area (Å²) in [6.07, 6.45) is 3.89. The van der Waals surface area contributed by atoms with Crippen molar-refractivity contribution in [1.29, 1.82) is 0 Å². The van der Waals surface area contributed by atoms with Crippen LogP contribution in [0.25, 0.3) is 22.0 Å². The molecular formula is C24H24N2O3. The van der Waals surface area contributed by atoms with E-state index in [1.54, 1.807) is 6.20 Å². The Morgan fingerprint density at radius 2 is 1.83 bits per heavy atom. The molecule has 2 aliphatic rings. The minimum atomic E-state index is 0.0452. The zero-order valence-corrected chi connectivity index (χ0v) is 16.4. The van der Waals surface area contributed by atoms with Crippen molar-refractivity contribution in [2.75, 3.05) is 39.5 Å². The van der Waals surface area contributed by atoms with Gasteiger partial charge in [-0.05, 0) is 43.0 Å². The third kappa shape index (κ3) is 3.52. The number of ketones is 1. The number of morpholine rings is 1. The lowest BCUT2D eigenvalue weighted by atomic mass is 9.85. The lowest BCUT2D eigenvalue weighted by Crippen LogP contribution is -2.36. The van der Waals surface area contributed by atoms with Gasteiger partial charge in [0, 0.05) is 41.4 Å². The molecule has 148 valence electrons. The molecule has 1 fully saturated rings. The molecular weight excluding hydrogens is 364 g/mol. The van der Waals surface area contributed by atoms with E-state index in [1.165, 1.54) is 0 Å². The molecule has 3 aromatic rings. The van der Waals surface area contributed by atoms with Gasteiger partial charge in [0.1, 0.15) is 5.75 Å². The molecule has 1 aliphatic carbocycles. The van der Waals surface area contributed by atoms with Crippen LogP contribution in [-0.2, 0) is 4.74 Å². The van der Waals surface area contributed by atoms with E-state index in [2.05, 4.69) is 9.88 Å².